The lowest BCUT2D eigenvalue weighted by Gasteiger charge is -2.25. The molecule has 0 fully saturated rings. The van der Waals surface area contributed by atoms with Crippen molar-refractivity contribution in [2.45, 2.75) is 6.54 Å². The molecule has 0 aliphatic carbocycles. The van der Waals surface area contributed by atoms with Crippen molar-refractivity contribution in [3.8, 4) is 17.6 Å². The molecule has 5 heteroatoms. The van der Waals surface area contributed by atoms with Crippen molar-refractivity contribution in [2.24, 2.45) is 0 Å². The highest BCUT2D eigenvalue weighted by molar-refractivity contribution is 5.70. The topological polar surface area (TPSA) is 48.7 Å². The Labute approximate surface area is 135 Å². The smallest absolute Gasteiger partial charge is 0.231 e. The maximum Gasteiger partial charge on any atom is 0.231 e. The first-order valence-corrected chi connectivity index (χ1v) is 7.63. The van der Waals surface area contributed by atoms with Crippen molar-refractivity contribution in [3.63, 3.8) is 0 Å². The third-order valence-corrected chi connectivity index (χ3v) is 4.31. The van der Waals surface area contributed by atoms with Crippen molar-refractivity contribution < 1.29 is 9.47 Å². The molecular weight excluding hydrogens is 290 g/mol. The van der Waals surface area contributed by atoms with E-state index in [1.54, 1.807) is 0 Å². The van der Waals surface area contributed by atoms with Crippen LogP contribution < -0.4 is 14.4 Å². The summed E-state index contributed by atoms with van der Waals surface area (Å²) in [6.07, 6.45) is 0. The summed E-state index contributed by atoms with van der Waals surface area (Å²) in [6.45, 7) is 2.95. The van der Waals surface area contributed by atoms with Gasteiger partial charge in [-0.2, -0.15) is 5.26 Å². The maximum absolute atomic E-state index is 9.16. The average molecular weight is 307 g/mol. The first-order valence-electron chi connectivity index (χ1n) is 7.63. The Morgan fingerprint density at radius 2 is 1.91 bits per heavy atom. The predicted octanol–water partition coefficient (Wildman–Crippen LogP) is 2.87. The molecule has 0 radical (unpaired) electrons. The van der Waals surface area contributed by atoms with Gasteiger partial charge in [0.25, 0.3) is 0 Å². The molecule has 2 heterocycles. The number of nitrogens with zero attached hydrogens (tertiary/aromatic N) is 3. The molecular formula is C18H17N3O2. The minimum Gasteiger partial charge on any atom is -0.454 e. The molecule has 0 unspecified atom stereocenters. The third kappa shape index (κ3) is 2.47. The Balaban J connectivity index is 1.79. The Morgan fingerprint density at radius 3 is 2.78 bits per heavy atom. The van der Waals surface area contributed by atoms with Gasteiger partial charge in [-0.05, 0) is 42.9 Å². The summed E-state index contributed by atoms with van der Waals surface area (Å²) >= 11 is 0. The van der Waals surface area contributed by atoms with Crippen molar-refractivity contribution in [2.75, 3.05) is 31.8 Å². The number of likely N-dealkylation sites (N-methyl/N-ethyl adjacent to an activating group) is 1. The van der Waals surface area contributed by atoms with Gasteiger partial charge in [0.15, 0.2) is 11.5 Å². The lowest BCUT2D eigenvalue weighted by atomic mass is 10.1. The van der Waals surface area contributed by atoms with Gasteiger partial charge in [0, 0.05) is 37.1 Å². The molecule has 2 aromatic rings. The van der Waals surface area contributed by atoms with Crippen molar-refractivity contribution in [1.82, 2.24) is 4.90 Å². The van der Waals surface area contributed by atoms with Crippen LogP contribution in [0.5, 0.6) is 11.5 Å². The Bertz CT molecular complexity index is 797. The predicted molar refractivity (Wildman–Crippen MR) is 87.1 cm³/mol. The van der Waals surface area contributed by atoms with E-state index in [9.17, 15) is 0 Å². The van der Waals surface area contributed by atoms with Gasteiger partial charge in [0.2, 0.25) is 6.79 Å². The van der Waals surface area contributed by atoms with Gasteiger partial charge in [0.05, 0.1) is 11.6 Å². The Kier molecular flexibility index (Phi) is 3.32. The average Bonchev–Trinajstić information content (AvgIpc) is 2.97. The fourth-order valence-corrected chi connectivity index (χ4v) is 3.13. The van der Waals surface area contributed by atoms with Crippen molar-refractivity contribution in [3.05, 3.63) is 47.5 Å². The molecule has 0 N–H and O–H groups in total. The highest BCUT2D eigenvalue weighted by Gasteiger charge is 2.22. The molecule has 2 aliphatic heterocycles. The van der Waals surface area contributed by atoms with E-state index < -0.39 is 0 Å². The summed E-state index contributed by atoms with van der Waals surface area (Å²) in [6, 6.07) is 14.2. The summed E-state index contributed by atoms with van der Waals surface area (Å²) in [7, 11) is 2.10. The molecule has 0 saturated heterocycles. The van der Waals surface area contributed by atoms with E-state index in [0.29, 0.717) is 5.56 Å². The van der Waals surface area contributed by atoms with Crippen LogP contribution in [0.4, 0.5) is 11.4 Å². The van der Waals surface area contributed by atoms with E-state index in [0.717, 1.165) is 42.5 Å². The van der Waals surface area contributed by atoms with Crippen LogP contribution >= 0.6 is 0 Å². The normalized spacial score (nSPS) is 16.6. The van der Waals surface area contributed by atoms with E-state index >= 15 is 0 Å². The molecule has 2 aliphatic rings. The molecule has 0 saturated carbocycles. The summed E-state index contributed by atoms with van der Waals surface area (Å²) in [4.78, 5) is 4.55. The van der Waals surface area contributed by atoms with Gasteiger partial charge in [-0.1, -0.05) is 0 Å². The standard InChI is InChI=1S/C18H17N3O2/c1-20-6-7-21(15-3-5-17-18(9-15)23-12-22-17)16-4-2-13(10-19)8-14(16)11-20/h2-5,8-9H,6-7,11-12H2,1H3. The van der Waals surface area contributed by atoms with E-state index in [-0.39, 0.29) is 6.79 Å². The zero-order valence-electron chi connectivity index (χ0n) is 13.0. The van der Waals surface area contributed by atoms with Gasteiger partial charge >= 0.3 is 0 Å². The quantitative estimate of drug-likeness (QED) is 0.811. The lowest BCUT2D eigenvalue weighted by molar-refractivity contribution is 0.174. The molecule has 0 atom stereocenters. The molecule has 23 heavy (non-hydrogen) atoms. The Morgan fingerprint density at radius 1 is 1.04 bits per heavy atom. The van der Waals surface area contributed by atoms with Gasteiger partial charge in [0.1, 0.15) is 0 Å². The number of hydrogen-bond donors (Lipinski definition) is 0. The van der Waals surface area contributed by atoms with E-state index in [4.69, 9.17) is 14.7 Å². The maximum atomic E-state index is 9.16. The minimum absolute atomic E-state index is 0.281. The van der Waals surface area contributed by atoms with Gasteiger partial charge in [-0.15, -0.1) is 0 Å². The molecule has 0 spiro atoms. The van der Waals surface area contributed by atoms with Gasteiger partial charge < -0.3 is 19.3 Å². The number of ether oxygens (including phenoxy) is 2. The second-order valence-corrected chi connectivity index (χ2v) is 5.88. The van der Waals surface area contributed by atoms with Crippen LogP contribution in [0, 0.1) is 11.3 Å². The number of fused-ring (bicyclic) bond motifs is 2. The summed E-state index contributed by atoms with van der Waals surface area (Å²) < 4.78 is 10.9. The van der Waals surface area contributed by atoms with E-state index in [1.165, 1.54) is 5.56 Å². The third-order valence-electron chi connectivity index (χ3n) is 4.31. The summed E-state index contributed by atoms with van der Waals surface area (Å²) in [5.41, 5.74) is 4.09. The molecule has 2 aromatic carbocycles. The highest BCUT2D eigenvalue weighted by atomic mass is 16.7. The largest absolute Gasteiger partial charge is 0.454 e. The molecule has 5 nitrogen and oxygen atoms in total. The molecule has 116 valence electrons. The fourth-order valence-electron chi connectivity index (χ4n) is 3.13. The van der Waals surface area contributed by atoms with Crippen LogP contribution in [0.2, 0.25) is 0 Å². The summed E-state index contributed by atoms with van der Waals surface area (Å²) in [5, 5.41) is 9.16. The molecule has 0 bridgehead atoms. The molecule has 0 amide bonds. The highest BCUT2D eigenvalue weighted by Crippen LogP contribution is 2.39. The van der Waals surface area contributed by atoms with Gasteiger partial charge in [-0.25, -0.2) is 0 Å². The van der Waals surface area contributed by atoms with Crippen molar-refractivity contribution >= 4 is 11.4 Å². The first-order chi connectivity index (χ1) is 11.2. The number of benzene rings is 2. The zero-order chi connectivity index (χ0) is 15.8. The number of nitriles is 1. The second-order valence-electron chi connectivity index (χ2n) is 5.88. The Hall–Kier alpha value is -2.71. The number of hydrogen-bond acceptors (Lipinski definition) is 5. The SMILES string of the molecule is CN1CCN(c2ccc3c(c2)OCO3)c2ccc(C#N)cc2C1. The van der Waals surface area contributed by atoms with E-state index in [1.807, 2.05) is 30.3 Å². The molecule has 0 aromatic heterocycles. The first kappa shape index (κ1) is 13.9. The lowest BCUT2D eigenvalue weighted by Crippen LogP contribution is -2.26. The van der Waals surface area contributed by atoms with Crippen LogP contribution in [0.25, 0.3) is 0 Å². The fraction of sp³-hybridized carbons (Fsp3) is 0.278. The monoisotopic (exact) mass is 307 g/mol. The van der Waals surface area contributed by atoms with Gasteiger partial charge in [-0.3, -0.25) is 0 Å². The van der Waals surface area contributed by atoms with Crippen LogP contribution in [0.3, 0.4) is 0 Å². The zero-order valence-corrected chi connectivity index (χ0v) is 13.0. The van der Waals surface area contributed by atoms with Crippen LogP contribution in [0.15, 0.2) is 36.4 Å². The number of rotatable bonds is 1. The van der Waals surface area contributed by atoms with Crippen LogP contribution in [-0.2, 0) is 6.54 Å². The summed E-state index contributed by atoms with van der Waals surface area (Å²) in [5.74, 6) is 1.58. The van der Waals surface area contributed by atoms with Crippen LogP contribution in [-0.4, -0.2) is 31.8 Å². The van der Waals surface area contributed by atoms with Crippen LogP contribution in [0.1, 0.15) is 11.1 Å². The van der Waals surface area contributed by atoms with E-state index in [2.05, 4.69) is 29.0 Å². The minimum atomic E-state index is 0.281. The molecule has 4 rings (SSSR count). The van der Waals surface area contributed by atoms with Crippen molar-refractivity contribution in [1.29, 1.82) is 5.26 Å². The second kappa shape index (κ2) is 5.49. The number of anilines is 2.